The highest BCUT2D eigenvalue weighted by Gasteiger charge is 2.23. The number of nitrogens with zero attached hydrogens (tertiary/aromatic N) is 4. The van der Waals surface area contributed by atoms with Crippen LogP contribution in [0.2, 0.25) is 0 Å². The van der Waals surface area contributed by atoms with E-state index in [9.17, 15) is 4.79 Å². The molecule has 0 N–H and O–H groups in total. The number of allylic oxidation sites excluding steroid dienone is 1. The molecular formula is C26H30N4OS. The molecular weight excluding hydrogens is 416 g/mol. The number of imidazole rings is 1. The Morgan fingerprint density at radius 3 is 2.22 bits per heavy atom. The first-order chi connectivity index (χ1) is 15.7. The highest BCUT2D eigenvalue weighted by Crippen LogP contribution is 2.36. The van der Waals surface area contributed by atoms with Gasteiger partial charge < -0.3 is 14.4 Å². The van der Waals surface area contributed by atoms with Crippen molar-refractivity contribution in [3.63, 3.8) is 0 Å². The number of rotatable bonds is 8. The Kier molecular flexibility index (Phi) is 7.45. The standard InChI is InChI=1S/C26H30N4OS/c1-3-15-30-25(22-13-9-6-10-14-22)24(21-11-7-5-8-12-21)27-26(30)32-20-23(31)29-18-16-28(4-2)17-19-29/h3,5-14H,1,4,15-20H2,2H3. The largest absolute Gasteiger partial charge is 0.339 e. The monoisotopic (exact) mass is 446 g/mol. The molecule has 3 aromatic rings. The molecule has 1 fully saturated rings. The molecule has 5 nitrogen and oxygen atoms in total. The van der Waals surface area contributed by atoms with Crippen LogP contribution in [0.5, 0.6) is 0 Å². The minimum atomic E-state index is 0.182. The van der Waals surface area contributed by atoms with Gasteiger partial charge in [-0.2, -0.15) is 0 Å². The van der Waals surface area contributed by atoms with Crippen LogP contribution in [0, 0.1) is 0 Å². The summed E-state index contributed by atoms with van der Waals surface area (Å²) in [5.41, 5.74) is 4.17. The van der Waals surface area contributed by atoms with Gasteiger partial charge in [0.25, 0.3) is 0 Å². The molecule has 1 aliphatic heterocycles. The van der Waals surface area contributed by atoms with E-state index in [1.807, 2.05) is 47.4 Å². The number of hydrogen-bond acceptors (Lipinski definition) is 4. The Labute approximate surface area is 194 Å². The predicted octanol–water partition coefficient (Wildman–Crippen LogP) is 4.66. The molecule has 2 heterocycles. The molecule has 0 bridgehead atoms. The lowest BCUT2D eigenvalue weighted by Crippen LogP contribution is -2.49. The molecule has 166 valence electrons. The number of carbonyl (C=O) groups is 1. The van der Waals surface area contributed by atoms with Gasteiger partial charge in [-0.3, -0.25) is 4.79 Å². The molecule has 32 heavy (non-hydrogen) atoms. The average Bonchev–Trinajstić information content (AvgIpc) is 3.22. The number of amides is 1. The zero-order valence-corrected chi connectivity index (χ0v) is 19.4. The van der Waals surface area contributed by atoms with E-state index in [0.29, 0.717) is 12.3 Å². The number of piperazine rings is 1. The summed E-state index contributed by atoms with van der Waals surface area (Å²) in [6.45, 7) is 11.3. The SMILES string of the molecule is C=CCn1c(SCC(=O)N2CCN(CC)CC2)nc(-c2ccccc2)c1-c1ccccc1. The molecule has 1 aliphatic rings. The van der Waals surface area contributed by atoms with Crippen LogP contribution in [0.3, 0.4) is 0 Å². The van der Waals surface area contributed by atoms with Crippen molar-refractivity contribution in [3.8, 4) is 22.5 Å². The summed E-state index contributed by atoms with van der Waals surface area (Å²) < 4.78 is 2.18. The van der Waals surface area contributed by atoms with Gasteiger partial charge in [-0.15, -0.1) is 6.58 Å². The van der Waals surface area contributed by atoms with Gasteiger partial charge in [-0.05, 0) is 6.54 Å². The van der Waals surface area contributed by atoms with E-state index >= 15 is 0 Å². The van der Waals surface area contributed by atoms with Crippen LogP contribution in [-0.2, 0) is 11.3 Å². The first kappa shape index (κ1) is 22.4. The zero-order valence-electron chi connectivity index (χ0n) is 18.6. The van der Waals surface area contributed by atoms with Gasteiger partial charge in [0.05, 0.1) is 17.1 Å². The quantitative estimate of drug-likeness (QED) is 0.373. The minimum Gasteiger partial charge on any atom is -0.339 e. The van der Waals surface area contributed by atoms with Crippen molar-refractivity contribution in [2.24, 2.45) is 0 Å². The van der Waals surface area contributed by atoms with E-state index < -0.39 is 0 Å². The van der Waals surface area contributed by atoms with Crippen molar-refractivity contribution in [3.05, 3.63) is 73.3 Å². The van der Waals surface area contributed by atoms with Crippen molar-refractivity contribution < 1.29 is 4.79 Å². The summed E-state index contributed by atoms with van der Waals surface area (Å²) in [4.78, 5) is 22.3. The van der Waals surface area contributed by atoms with Gasteiger partial charge in [-0.25, -0.2) is 4.98 Å². The summed E-state index contributed by atoms with van der Waals surface area (Å²) in [5, 5.41) is 0.850. The summed E-state index contributed by atoms with van der Waals surface area (Å²) >= 11 is 1.52. The summed E-state index contributed by atoms with van der Waals surface area (Å²) in [5.74, 6) is 0.573. The third-order valence-corrected chi connectivity index (χ3v) is 6.80. The lowest BCUT2D eigenvalue weighted by atomic mass is 10.0. The molecule has 0 spiro atoms. The van der Waals surface area contributed by atoms with E-state index in [4.69, 9.17) is 4.98 Å². The molecule has 0 saturated carbocycles. The molecule has 0 atom stereocenters. The van der Waals surface area contributed by atoms with Crippen LogP contribution in [-0.4, -0.2) is 63.7 Å². The lowest BCUT2D eigenvalue weighted by molar-refractivity contribution is -0.130. The molecule has 0 unspecified atom stereocenters. The molecule has 0 radical (unpaired) electrons. The van der Waals surface area contributed by atoms with E-state index in [1.54, 1.807) is 0 Å². The maximum atomic E-state index is 12.9. The molecule has 1 saturated heterocycles. The molecule has 4 rings (SSSR count). The Morgan fingerprint density at radius 1 is 1.00 bits per heavy atom. The van der Waals surface area contributed by atoms with Crippen molar-refractivity contribution >= 4 is 17.7 Å². The summed E-state index contributed by atoms with van der Waals surface area (Å²) in [7, 11) is 0. The number of likely N-dealkylation sites (N-methyl/N-ethyl adjacent to an activating group) is 1. The molecule has 6 heteroatoms. The highest BCUT2D eigenvalue weighted by atomic mass is 32.2. The number of hydrogen-bond donors (Lipinski definition) is 0. The Hall–Kier alpha value is -2.83. The first-order valence-corrected chi connectivity index (χ1v) is 12.1. The van der Waals surface area contributed by atoms with E-state index in [-0.39, 0.29) is 5.91 Å². The van der Waals surface area contributed by atoms with Crippen LogP contribution >= 0.6 is 11.8 Å². The number of carbonyl (C=O) groups excluding carboxylic acids is 1. The number of thioether (sulfide) groups is 1. The second-order valence-electron chi connectivity index (χ2n) is 7.83. The van der Waals surface area contributed by atoms with Crippen LogP contribution in [0.15, 0.2) is 78.5 Å². The van der Waals surface area contributed by atoms with E-state index in [0.717, 1.165) is 60.4 Å². The third-order valence-electron chi connectivity index (χ3n) is 5.84. The minimum absolute atomic E-state index is 0.182. The molecule has 0 aliphatic carbocycles. The Bertz CT molecular complexity index is 1040. The molecule has 1 amide bonds. The van der Waals surface area contributed by atoms with Gasteiger partial charge in [0.2, 0.25) is 5.91 Å². The lowest BCUT2D eigenvalue weighted by Gasteiger charge is -2.34. The summed E-state index contributed by atoms with van der Waals surface area (Å²) in [6, 6.07) is 20.6. The fourth-order valence-electron chi connectivity index (χ4n) is 4.06. The highest BCUT2D eigenvalue weighted by molar-refractivity contribution is 7.99. The van der Waals surface area contributed by atoms with Gasteiger partial charge >= 0.3 is 0 Å². The number of aromatic nitrogens is 2. The molecule has 2 aromatic carbocycles. The third kappa shape index (κ3) is 4.97. The van der Waals surface area contributed by atoms with Crippen molar-refractivity contribution in [2.45, 2.75) is 18.6 Å². The topological polar surface area (TPSA) is 41.4 Å². The second kappa shape index (κ2) is 10.7. The van der Waals surface area contributed by atoms with Gasteiger partial charge in [0.1, 0.15) is 0 Å². The van der Waals surface area contributed by atoms with Crippen LogP contribution in [0.1, 0.15) is 6.92 Å². The van der Waals surface area contributed by atoms with Gasteiger partial charge in [0.15, 0.2) is 5.16 Å². The fraction of sp³-hybridized carbons (Fsp3) is 0.308. The Balaban J connectivity index is 1.63. The fourth-order valence-corrected chi connectivity index (χ4v) is 4.97. The predicted molar refractivity (Wildman–Crippen MR) is 133 cm³/mol. The van der Waals surface area contributed by atoms with Gasteiger partial charge in [0, 0.05) is 43.9 Å². The maximum Gasteiger partial charge on any atom is 0.233 e. The van der Waals surface area contributed by atoms with Crippen LogP contribution < -0.4 is 0 Å². The summed E-state index contributed by atoms with van der Waals surface area (Å²) in [6.07, 6.45) is 1.89. The molecule has 1 aromatic heterocycles. The van der Waals surface area contributed by atoms with Crippen molar-refractivity contribution in [1.29, 1.82) is 0 Å². The normalized spacial score (nSPS) is 14.5. The average molecular weight is 447 g/mol. The van der Waals surface area contributed by atoms with E-state index in [1.165, 1.54) is 11.8 Å². The Morgan fingerprint density at radius 2 is 1.62 bits per heavy atom. The first-order valence-electron chi connectivity index (χ1n) is 11.2. The smallest absolute Gasteiger partial charge is 0.233 e. The van der Waals surface area contributed by atoms with Crippen molar-refractivity contribution in [1.82, 2.24) is 19.4 Å². The van der Waals surface area contributed by atoms with Crippen LogP contribution in [0.25, 0.3) is 22.5 Å². The zero-order chi connectivity index (χ0) is 22.3. The second-order valence-corrected chi connectivity index (χ2v) is 8.77. The number of benzene rings is 2. The van der Waals surface area contributed by atoms with Crippen molar-refractivity contribution in [2.75, 3.05) is 38.5 Å². The maximum absolute atomic E-state index is 12.9. The van der Waals surface area contributed by atoms with Gasteiger partial charge in [-0.1, -0.05) is 85.4 Å². The van der Waals surface area contributed by atoms with E-state index in [2.05, 4.69) is 47.2 Å². The van der Waals surface area contributed by atoms with Crippen LogP contribution in [0.4, 0.5) is 0 Å².